The summed E-state index contributed by atoms with van der Waals surface area (Å²) in [6.07, 6.45) is 5.46. The number of rotatable bonds is 5. The molecule has 0 aliphatic heterocycles. The Morgan fingerprint density at radius 3 is 2.67 bits per heavy atom. The van der Waals surface area contributed by atoms with Gasteiger partial charge in [-0.05, 0) is 30.9 Å². The summed E-state index contributed by atoms with van der Waals surface area (Å²) < 4.78 is 1.74. The van der Waals surface area contributed by atoms with E-state index in [1.165, 1.54) is 5.56 Å². The van der Waals surface area contributed by atoms with E-state index in [1.54, 1.807) is 17.1 Å². The molecule has 3 N–H and O–H groups in total. The van der Waals surface area contributed by atoms with E-state index in [4.69, 9.17) is 5.73 Å². The predicted molar refractivity (Wildman–Crippen MR) is 80.6 cm³/mol. The molecule has 0 bridgehead atoms. The molecule has 0 atom stereocenters. The quantitative estimate of drug-likeness (QED) is 0.879. The van der Waals surface area contributed by atoms with Gasteiger partial charge in [-0.25, -0.2) is 0 Å². The monoisotopic (exact) mass is 284 g/mol. The Balaban J connectivity index is 1.58. The molecule has 1 fully saturated rings. The van der Waals surface area contributed by atoms with Gasteiger partial charge in [0.15, 0.2) is 0 Å². The number of hydrogen-bond acceptors (Lipinski definition) is 3. The standard InChI is InChI=1S/C16H20N4O/c1-2-20-11-13(10-19-20)15(21)18-9-12-3-5-14(6-4-12)16(17)7-8-16/h3-6,10-11H,2,7-9,17H2,1H3,(H,18,21). The highest BCUT2D eigenvalue weighted by molar-refractivity contribution is 5.93. The van der Waals surface area contributed by atoms with Crippen molar-refractivity contribution in [2.75, 3.05) is 0 Å². The minimum atomic E-state index is -0.101. The summed E-state index contributed by atoms with van der Waals surface area (Å²) in [6.45, 7) is 3.25. The normalized spacial score (nSPS) is 15.7. The van der Waals surface area contributed by atoms with Crippen molar-refractivity contribution in [3.8, 4) is 0 Å². The number of aryl methyl sites for hydroxylation is 1. The van der Waals surface area contributed by atoms with Crippen LogP contribution in [-0.4, -0.2) is 15.7 Å². The largest absolute Gasteiger partial charge is 0.348 e. The summed E-state index contributed by atoms with van der Waals surface area (Å²) in [4.78, 5) is 12.0. The van der Waals surface area contributed by atoms with E-state index in [-0.39, 0.29) is 11.4 Å². The van der Waals surface area contributed by atoms with Crippen molar-refractivity contribution in [3.63, 3.8) is 0 Å². The van der Waals surface area contributed by atoms with Gasteiger partial charge in [0.05, 0.1) is 11.8 Å². The SMILES string of the molecule is CCn1cc(C(=O)NCc2ccc(C3(N)CC3)cc2)cn1. The molecule has 1 heterocycles. The van der Waals surface area contributed by atoms with Crippen LogP contribution in [0.5, 0.6) is 0 Å². The molecule has 0 radical (unpaired) electrons. The van der Waals surface area contributed by atoms with E-state index < -0.39 is 0 Å². The highest BCUT2D eigenvalue weighted by atomic mass is 16.1. The van der Waals surface area contributed by atoms with Gasteiger partial charge in [0.2, 0.25) is 0 Å². The average molecular weight is 284 g/mol. The fourth-order valence-corrected chi connectivity index (χ4v) is 2.32. The van der Waals surface area contributed by atoms with Crippen LogP contribution in [0.3, 0.4) is 0 Å². The van der Waals surface area contributed by atoms with Crippen LogP contribution in [0.4, 0.5) is 0 Å². The maximum absolute atomic E-state index is 12.0. The molecule has 1 saturated carbocycles. The molecule has 3 rings (SSSR count). The smallest absolute Gasteiger partial charge is 0.254 e. The first-order valence-corrected chi connectivity index (χ1v) is 7.30. The number of amides is 1. The number of nitrogens with one attached hydrogen (secondary N) is 1. The summed E-state index contributed by atoms with van der Waals surface area (Å²) >= 11 is 0. The average Bonchev–Trinajstić information content (AvgIpc) is 3.08. The molecule has 1 aromatic carbocycles. The lowest BCUT2D eigenvalue weighted by atomic mass is 10.0. The molecule has 110 valence electrons. The fraction of sp³-hybridized carbons (Fsp3) is 0.375. The molecule has 1 aliphatic rings. The first-order chi connectivity index (χ1) is 10.1. The zero-order valence-corrected chi connectivity index (χ0v) is 12.2. The highest BCUT2D eigenvalue weighted by Gasteiger charge is 2.39. The summed E-state index contributed by atoms with van der Waals surface area (Å²) in [5.41, 5.74) is 8.89. The maximum atomic E-state index is 12.0. The van der Waals surface area contributed by atoms with Crippen LogP contribution in [-0.2, 0) is 18.6 Å². The van der Waals surface area contributed by atoms with Crippen LogP contribution in [0.15, 0.2) is 36.7 Å². The zero-order valence-electron chi connectivity index (χ0n) is 12.2. The molecular formula is C16H20N4O. The highest BCUT2D eigenvalue weighted by Crippen LogP contribution is 2.42. The molecular weight excluding hydrogens is 264 g/mol. The Morgan fingerprint density at radius 1 is 1.38 bits per heavy atom. The minimum absolute atomic E-state index is 0.101. The van der Waals surface area contributed by atoms with Gasteiger partial charge in [0.25, 0.3) is 5.91 Å². The molecule has 5 heteroatoms. The van der Waals surface area contributed by atoms with Crippen molar-refractivity contribution in [2.24, 2.45) is 5.73 Å². The van der Waals surface area contributed by atoms with Gasteiger partial charge in [-0.1, -0.05) is 24.3 Å². The first-order valence-electron chi connectivity index (χ1n) is 7.30. The Bertz CT molecular complexity index is 641. The number of carbonyl (C=O) groups is 1. The van der Waals surface area contributed by atoms with E-state index in [2.05, 4.69) is 22.5 Å². The maximum Gasteiger partial charge on any atom is 0.254 e. The molecule has 1 aromatic heterocycles. The van der Waals surface area contributed by atoms with Crippen molar-refractivity contribution in [2.45, 2.75) is 38.4 Å². The van der Waals surface area contributed by atoms with Crippen molar-refractivity contribution in [3.05, 3.63) is 53.3 Å². The summed E-state index contributed by atoms with van der Waals surface area (Å²) in [7, 11) is 0. The Hall–Kier alpha value is -2.14. The third-order valence-electron chi connectivity index (χ3n) is 3.99. The van der Waals surface area contributed by atoms with Crippen LogP contribution >= 0.6 is 0 Å². The minimum Gasteiger partial charge on any atom is -0.348 e. The van der Waals surface area contributed by atoms with Crippen LogP contribution < -0.4 is 11.1 Å². The van der Waals surface area contributed by atoms with Crippen molar-refractivity contribution >= 4 is 5.91 Å². The lowest BCUT2D eigenvalue weighted by Gasteiger charge is -2.10. The third kappa shape index (κ3) is 2.97. The van der Waals surface area contributed by atoms with Crippen molar-refractivity contribution < 1.29 is 4.79 Å². The Morgan fingerprint density at radius 2 is 2.10 bits per heavy atom. The fourth-order valence-electron chi connectivity index (χ4n) is 2.32. The van der Waals surface area contributed by atoms with Gasteiger partial charge in [0, 0.05) is 24.8 Å². The van der Waals surface area contributed by atoms with E-state index in [9.17, 15) is 4.79 Å². The first kappa shape index (κ1) is 13.8. The van der Waals surface area contributed by atoms with Crippen LogP contribution in [0, 0.1) is 0 Å². The number of aromatic nitrogens is 2. The van der Waals surface area contributed by atoms with Gasteiger partial charge < -0.3 is 11.1 Å². The van der Waals surface area contributed by atoms with E-state index in [0.29, 0.717) is 12.1 Å². The lowest BCUT2D eigenvalue weighted by Crippen LogP contribution is -2.22. The van der Waals surface area contributed by atoms with Crippen molar-refractivity contribution in [1.82, 2.24) is 15.1 Å². The van der Waals surface area contributed by atoms with E-state index in [0.717, 1.165) is 24.9 Å². The van der Waals surface area contributed by atoms with Crippen LogP contribution in [0.1, 0.15) is 41.3 Å². The molecule has 5 nitrogen and oxygen atoms in total. The summed E-state index contributed by atoms with van der Waals surface area (Å²) in [5, 5.41) is 7.00. The predicted octanol–water partition coefficient (Wildman–Crippen LogP) is 1.78. The van der Waals surface area contributed by atoms with Crippen LogP contribution in [0.2, 0.25) is 0 Å². The number of hydrogen-bond donors (Lipinski definition) is 2. The second kappa shape index (κ2) is 5.33. The van der Waals surface area contributed by atoms with E-state index >= 15 is 0 Å². The second-order valence-corrected chi connectivity index (χ2v) is 5.62. The van der Waals surface area contributed by atoms with Gasteiger partial charge in [-0.3, -0.25) is 9.48 Å². The summed E-state index contributed by atoms with van der Waals surface area (Å²) in [5.74, 6) is -0.101. The number of carbonyl (C=O) groups excluding carboxylic acids is 1. The van der Waals surface area contributed by atoms with Crippen LogP contribution in [0.25, 0.3) is 0 Å². The molecule has 0 spiro atoms. The summed E-state index contributed by atoms with van der Waals surface area (Å²) in [6, 6.07) is 8.17. The second-order valence-electron chi connectivity index (χ2n) is 5.62. The number of nitrogens with zero attached hydrogens (tertiary/aromatic N) is 2. The molecule has 0 unspecified atom stereocenters. The molecule has 21 heavy (non-hydrogen) atoms. The molecule has 1 amide bonds. The number of nitrogens with two attached hydrogens (primary N) is 1. The lowest BCUT2D eigenvalue weighted by molar-refractivity contribution is 0.0951. The Kier molecular flexibility index (Phi) is 3.51. The molecule has 0 saturated heterocycles. The van der Waals surface area contributed by atoms with Gasteiger partial charge in [0.1, 0.15) is 0 Å². The van der Waals surface area contributed by atoms with Gasteiger partial charge >= 0.3 is 0 Å². The number of benzene rings is 1. The van der Waals surface area contributed by atoms with Gasteiger partial charge in [-0.15, -0.1) is 0 Å². The molecule has 1 aliphatic carbocycles. The molecule has 2 aromatic rings. The zero-order chi connectivity index (χ0) is 14.9. The third-order valence-corrected chi connectivity index (χ3v) is 3.99. The Labute approximate surface area is 124 Å². The topological polar surface area (TPSA) is 72.9 Å². The van der Waals surface area contributed by atoms with Crippen molar-refractivity contribution in [1.29, 1.82) is 0 Å². The van der Waals surface area contributed by atoms with E-state index in [1.807, 2.05) is 19.1 Å². The van der Waals surface area contributed by atoms with Gasteiger partial charge in [-0.2, -0.15) is 5.10 Å².